The predicted molar refractivity (Wildman–Crippen MR) is 352 cm³/mol. The smallest absolute Gasteiger partial charge is 0.289 e. The van der Waals surface area contributed by atoms with Gasteiger partial charge in [-0.15, -0.1) is 0 Å². The van der Waals surface area contributed by atoms with Crippen LogP contribution in [0.2, 0.25) is 0 Å². The standard InChI is InChI=1S/C73H51N11O6S2/c85-70-66(56-15-9-45-3-1-5-62-64(45)68(56)82-72(80-62)58-35-43(39-78-47-21-29-75-30-22-47)7-13-52(58)53-14-8-44(36-59(53)72)40-79-48-23-31-76-32-24-48)71(86)67(70)57-16-10-46-4-2-6-63-65(46)69(57)83-73(81-63)60-37-50(91(87,88)41-42-19-27-74-28-20-42)11-17-54(60)55-18-12-51(38-61(55)73)92(89,90)84-49-25-33-77-34-26-49/h1-38,81-83,85H,39-41H2,(H,75,78)(H,76,79)(H,77,84). The summed E-state index contributed by atoms with van der Waals surface area (Å²) in [6, 6.07) is 56.1. The zero-order valence-corrected chi connectivity index (χ0v) is 50.2. The van der Waals surface area contributed by atoms with Gasteiger partial charge in [0.05, 0.1) is 49.1 Å². The Morgan fingerprint density at radius 2 is 1.00 bits per heavy atom. The van der Waals surface area contributed by atoms with Crippen LogP contribution in [0.1, 0.15) is 44.5 Å². The summed E-state index contributed by atoms with van der Waals surface area (Å²) in [6.45, 7) is 1.04. The number of aromatic nitrogens is 4. The van der Waals surface area contributed by atoms with Crippen molar-refractivity contribution in [3.8, 4) is 22.3 Å². The van der Waals surface area contributed by atoms with Crippen LogP contribution in [0.4, 0.5) is 34.1 Å². The molecule has 1 atom stereocenters. The molecule has 17 rings (SSSR count). The molecule has 0 fully saturated rings. The Bertz CT molecular complexity index is 5370. The predicted octanol–water partition coefficient (Wildman–Crippen LogP) is 8.80. The molecule has 446 valence electrons. The van der Waals surface area contributed by atoms with E-state index in [1.54, 1.807) is 97.8 Å². The maximum Gasteiger partial charge on any atom is 0.289 e. The highest BCUT2D eigenvalue weighted by Crippen LogP contribution is 2.56. The third kappa shape index (κ3) is 8.56. The first-order chi connectivity index (χ1) is 44.8. The number of Topliss-reactive ketones (excluding diaryl/α,β-unsaturated/α-hetero) is 1. The Labute approximate surface area is 527 Å². The monoisotopic (exact) mass is 1240 g/mol. The maximum absolute atomic E-state index is 15.7. The molecule has 19 heteroatoms. The summed E-state index contributed by atoms with van der Waals surface area (Å²) in [5.74, 6) is -1.24. The summed E-state index contributed by atoms with van der Waals surface area (Å²) in [4.78, 5) is 36.2. The van der Waals surface area contributed by atoms with Crippen LogP contribution >= 0.6 is 0 Å². The Morgan fingerprint density at radius 3 is 1.63 bits per heavy atom. The molecule has 0 bridgehead atoms. The van der Waals surface area contributed by atoms with Crippen molar-refractivity contribution in [1.29, 1.82) is 0 Å². The Kier molecular flexibility index (Phi) is 12.2. The number of nitrogens with one attached hydrogen (secondary N) is 7. The molecule has 5 aliphatic rings. The van der Waals surface area contributed by atoms with Crippen LogP contribution in [0.25, 0.3) is 54.9 Å². The summed E-state index contributed by atoms with van der Waals surface area (Å²) in [5, 5.41) is 38.8. The molecule has 7 N–H and O–H groups in total. The molecule has 92 heavy (non-hydrogen) atoms. The van der Waals surface area contributed by atoms with Crippen molar-refractivity contribution < 1.29 is 31.7 Å². The second kappa shape index (κ2) is 20.5. The minimum atomic E-state index is -4.24. The van der Waals surface area contributed by atoms with Crippen LogP contribution < -0.4 is 52.0 Å². The summed E-state index contributed by atoms with van der Waals surface area (Å²) in [7, 11) is -8.24. The third-order valence-corrected chi connectivity index (χ3v) is 21.3. The van der Waals surface area contributed by atoms with Crippen LogP contribution in [-0.4, -0.2) is 42.6 Å². The number of anilines is 6. The summed E-state index contributed by atoms with van der Waals surface area (Å²) >= 11 is 0. The largest absolute Gasteiger partial charge is 0.871 e. The van der Waals surface area contributed by atoms with E-state index in [0.717, 1.165) is 66.3 Å². The molecule has 2 spiro atoms. The van der Waals surface area contributed by atoms with E-state index in [1.165, 1.54) is 18.5 Å². The summed E-state index contributed by atoms with van der Waals surface area (Å²) in [5.41, 5.74) is 10.2. The second-order valence-electron chi connectivity index (χ2n) is 23.5. The highest BCUT2D eigenvalue weighted by Gasteiger charge is 2.52. The molecule has 0 saturated heterocycles. The van der Waals surface area contributed by atoms with Crippen molar-refractivity contribution in [2.75, 3.05) is 31.3 Å². The van der Waals surface area contributed by atoms with E-state index in [-0.39, 0.29) is 26.7 Å². The number of ketones is 1. The third-order valence-electron chi connectivity index (χ3n) is 18.2. The molecule has 4 aromatic heterocycles. The lowest BCUT2D eigenvalue weighted by atomic mass is 9.79. The summed E-state index contributed by atoms with van der Waals surface area (Å²) < 4.78 is 60.5. The van der Waals surface area contributed by atoms with E-state index in [1.807, 2.05) is 78.9 Å². The average Bonchev–Trinajstić information content (AvgIpc) is 1.39. The first kappa shape index (κ1) is 54.6. The van der Waals surface area contributed by atoms with Gasteiger partial charge >= 0.3 is 0 Å². The highest BCUT2D eigenvalue weighted by atomic mass is 32.2. The number of nitrogens with zero attached hydrogens (tertiary/aromatic N) is 4. The molecule has 1 unspecified atom stereocenters. The number of carbonyl (C=O) groups is 1. The van der Waals surface area contributed by atoms with E-state index in [0.29, 0.717) is 79.8 Å². The molecule has 8 aromatic carbocycles. The molecule has 0 amide bonds. The minimum Gasteiger partial charge on any atom is -0.871 e. The zero-order chi connectivity index (χ0) is 62.1. The number of fused-ring (bicyclic) bond motifs is 10. The lowest BCUT2D eigenvalue weighted by molar-refractivity contribution is -0.578. The van der Waals surface area contributed by atoms with Crippen LogP contribution in [0.5, 0.6) is 0 Å². The van der Waals surface area contributed by atoms with Gasteiger partial charge in [0.25, 0.3) is 15.7 Å². The number of pyridine rings is 4. The van der Waals surface area contributed by atoms with E-state index in [4.69, 9.17) is 0 Å². The quantitative estimate of drug-likeness (QED) is 0.0570. The Hall–Kier alpha value is -11.5. The number of carbonyl (C=O) groups excluding carboxylic acids is 1. The van der Waals surface area contributed by atoms with Crippen molar-refractivity contribution in [2.24, 2.45) is 0 Å². The molecule has 17 nitrogen and oxygen atoms in total. The van der Waals surface area contributed by atoms with Crippen molar-refractivity contribution in [2.45, 2.75) is 40.0 Å². The maximum atomic E-state index is 15.7. The Balaban J connectivity index is 0.823. The van der Waals surface area contributed by atoms with Gasteiger partial charge in [-0.2, -0.15) is 0 Å². The molecule has 6 heterocycles. The lowest BCUT2D eigenvalue weighted by Crippen LogP contribution is -2.92. The average molecular weight is 1240 g/mol. The first-order valence-corrected chi connectivity index (χ1v) is 32.9. The zero-order valence-electron chi connectivity index (χ0n) is 48.6. The number of hydrogen-bond donors (Lipinski definition) is 7. The molecule has 12 aromatic rings. The number of hydrogen-bond acceptors (Lipinski definition) is 15. The van der Waals surface area contributed by atoms with Crippen LogP contribution in [0.15, 0.2) is 247 Å². The van der Waals surface area contributed by atoms with Gasteiger partial charge in [-0.3, -0.25) is 29.5 Å². The first-order valence-electron chi connectivity index (χ1n) is 29.8. The van der Waals surface area contributed by atoms with E-state index >= 15 is 9.90 Å². The molecular formula is C73H51N11O6S2. The summed E-state index contributed by atoms with van der Waals surface area (Å²) in [6.07, 6.45) is 13.1. The van der Waals surface area contributed by atoms with Crippen molar-refractivity contribution in [3.63, 3.8) is 0 Å². The van der Waals surface area contributed by atoms with Crippen LogP contribution in [0, 0.1) is 0 Å². The van der Waals surface area contributed by atoms with E-state index in [2.05, 4.69) is 92.6 Å². The molecule has 0 radical (unpaired) electrons. The number of benzene rings is 8. The molecule has 2 aliphatic heterocycles. The SMILES string of the molecule is O=C1C(c2ccc3cccc4c3c2NC2(N4)c3cc(S(=O)(=O)Cc4ccncc4)ccc3-c3ccc(S(=O)(=O)Nc4ccncc4)cc32)=C([O-])C1=c1ccc2cccc3c2c1NC1([NH+]=3)c2cc(CNc3ccncc3)ccc2-c2ccc(CNc3ccncc3)cc21. The number of sulfone groups is 1. The van der Waals surface area contributed by atoms with Gasteiger partial charge in [-0.25, -0.2) is 21.8 Å². The van der Waals surface area contributed by atoms with Gasteiger partial charge in [-0.1, -0.05) is 90.7 Å². The van der Waals surface area contributed by atoms with Gasteiger partial charge in [0.15, 0.2) is 21.3 Å². The van der Waals surface area contributed by atoms with Crippen LogP contribution in [-0.2, 0) is 54.8 Å². The molecule has 3 aliphatic carbocycles. The van der Waals surface area contributed by atoms with E-state index in [9.17, 15) is 16.8 Å². The number of sulfonamides is 1. The normalized spacial score (nSPS) is 16.5. The highest BCUT2D eigenvalue weighted by molar-refractivity contribution is 7.92. The van der Waals surface area contributed by atoms with Crippen molar-refractivity contribution in [1.82, 2.24) is 19.9 Å². The fourth-order valence-electron chi connectivity index (χ4n) is 14.0. The topological polar surface area (TPSA) is 246 Å². The minimum absolute atomic E-state index is 0.0154. The number of allylic oxidation sites excluding steroid dienone is 2. The molecular weight excluding hydrogens is 1190 g/mol. The van der Waals surface area contributed by atoms with Gasteiger partial charge in [0.1, 0.15) is 0 Å². The lowest BCUT2D eigenvalue weighted by Gasteiger charge is -2.42. The Morgan fingerprint density at radius 1 is 0.467 bits per heavy atom. The van der Waals surface area contributed by atoms with Gasteiger partial charge in [0, 0.05) is 124 Å². The van der Waals surface area contributed by atoms with E-state index < -0.39 is 42.7 Å². The van der Waals surface area contributed by atoms with Gasteiger partial charge in [-0.05, 0) is 141 Å². The van der Waals surface area contributed by atoms with Gasteiger partial charge in [0.2, 0.25) is 5.36 Å². The van der Waals surface area contributed by atoms with Gasteiger partial charge < -0.3 is 31.7 Å². The second-order valence-corrected chi connectivity index (χ2v) is 27.2. The molecule has 0 saturated carbocycles. The number of rotatable bonds is 13. The fraction of sp³-hybridized carbons (Fsp3) is 0.0685. The van der Waals surface area contributed by atoms with Crippen molar-refractivity contribution in [3.05, 3.63) is 292 Å². The fourth-order valence-corrected chi connectivity index (χ4v) is 16.4. The van der Waals surface area contributed by atoms with Crippen molar-refractivity contribution >= 4 is 92.5 Å². The van der Waals surface area contributed by atoms with Crippen LogP contribution in [0.3, 0.4) is 0 Å².